The molecule has 2 aromatic heterocycles. The van der Waals surface area contributed by atoms with E-state index in [0.717, 1.165) is 0 Å². The van der Waals surface area contributed by atoms with E-state index in [0.29, 0.717) is 17.1 Å². The van der Waals surface area contributed by atoms with Crippen molar-refractivity contribution in [2.45, 2.75) is 19.3 Å². The molecule has 0 unspecified atom stereocenters. The summed E-state index contributed by atoms with van der Waals surface area (Å²) in [7, 11) is 0. The molecule has 0 aliphatic rings. The molecule has 0 radical (unpaired) electrons. The minimum Gasteiger partial charge on any atom is -0.351 e. The summed E-state index contributed by atoms with van der Waals surface area (Å²) in [4.78, 5) is 17.2. The molecule has 0 atom stereocenters. The van der Waals surface area contributed by atoms with E-state index < -0.39 is 0 Å². The van der Waals surface area contributed by atoms with Crippen molar-refractivity contribution in [3.63, 3.8) is 0 Å². The minimum absolute atomic E-state index is 0.132. The van der Waals surface area contributed by atoms with Crippen LogP contribution in [0, 0.1) is 0 Å². The Labute approximate surface area is 131 Å². The zero-order valence-electron chi connectivity index (χ0n) is 11.1. The van der Waals surface area contributed by atoms with E-state index in [1.54, 1.807) is 11.3 Å². The van der Waals surface area contributed by atoms with Gasteiger partial charge in [0.2, 0.25) is 0 Å². The number of hydrogen-bond donors (Lipinski definition) is 1. The summed E-state index contributed by atoms with van der Waals surface area (Å²) >= 11 is 13.4. The zero-order valence-corrected chi connectivity index (χ0v) is 13.4. The fourth-order valence-corrected chi connectivity index (χ4v) is 2.93. The number of pyridine rings is 1. The van der Waals surface area contributed by atoms with Gasteiger partial charge in [-0.2, -0.15) is 0 Å². The summed E-state index contributed by atoms with van der Waals surface area (Å²) in [5.74, 6) is -0.246. The number of halogens is 2. The Morgan fingerprint density at radius 3 is 2.85 bits per heavy atom. The van der Waals surface area contributed by atoms with E-state index >= 15 is 0 Å². The Morgan fingerprint density at radius 1 is 1.45 bits per heavy atom. The van der Waals surface area contributed by atoms with Gasteiger partial charge >= 0.3 is 0 Å². The molecule has 1 N–H and O–H groups in total. The molecule has 0 aliphatic heterocycles. The highest BCUT2D eigenvalue weighted by Crippen LogP contribution is 2.27. The Bertz CT molecular complexity index is 612. The largest absolute Gasteiger partial charge is 0.351 e. The van der Waals surface area contributed by atoms with Crippen molar-refractivity contribution >= 4 is 40.4 Å². The third-order valence-electron chi connectivity index (χ3n) is 2.95. The molecule has 2 heterocycles. The van der Waals surface area contributed by atoms with Gasteiger partial charge in [-0.25, -0.2) is 4.98 Å². The first-order valence-electron chi connectivity index (χ1n) is 6.03. The van der Waals surface area contributed by atoms with Crippen LogP contribution in [-0.4, -0.2) is 17.4 Å². The smallest absolute Gasteiger partial charge is 0.252 e. The van der Waals surface area contributed by atoms with Crippen LogP contribution >= 0.6 is 34.5 Å². The average molecular weight is 329 g/mol. The molecule has 106 valence electrons. The highest BCUT2D eigenvalue weighted by molar-refractivity contribution is 7.10. The van der Waals surface area contributed by atoms with E-state index in [2.05, 4.69) is 30.2 Å². The van der Waals surface area contributed by atoms with Gasteiger partial charge in [0.25, 0.3) is 5.91 Å². The molecule has 0 aliphatic carbocycles. The van der Waals surface area contributed by atoms with E-state index in [1.165, 1.54) is 17.1 Å². The fourth-order valence-electron chi connectivity index (χ4n) is 1.73. The summed E-state index contributed by atoms with van der Waals surface area (Å²) < 4.78 is 0. The first-order valence-corrected chi connectivity index (χ1v) is 7.67. The number of hydrogen-bond acceptors (Lipinski definition) is 3. The third-order valence-corrected chi connectivity index (χ3v) is 4.69. The van der Waals surface area contributed by atoms with E-state index in [4.69, 9.17) is 23.2 Å². The minimum atomic E-state index is -0.246. The van der Waals surface area contributed by atoms with Gasteiger partial charge in [-0.15, -0.1) is 11.3 Å². The number of aromatic nitrogens is 1. The predicted molar refractivity (Wildman–Crippen MR) is 83.9 cm³/mol. The van der Waals surface area contributed by atoms with Crippen LogP contribution in [0.15, 0.2) is 29.8 Å². The molecule has 2 rings (SSSR count). The lowest BCUT2D eigenvalue weighted by atomic mass is 9.91. The second-order valence-corrected chi connectivity index (χ2v) is 6.77. The standard InChI is InChI=1S/C14H14Cl2N2OS/c1-14(2,11-4-3-5-20-11)8-18-13(19)9-6-12(16)17-7-10(9)15/h3-7H,8H2,1-2H3,(H,18,19). The first-order chi connectivity index (χ1) is 9.40. The zero-order chi connectivity index (χ0) is 14.8. The van der Waals surface area contributed by atoms with Crippen molar-refractivity contribution in [3.8, 4) is 0 Å². The molecular formula is C14H14Cl2N2OS. The fraction of sp³-hybridized carbons (Fsp3) is 0.286. The molecule has 0 saturated heterocycles. The number of carbonyl (C=O) groups excluding carboxylic acids is 1. The molecule has 0 fully saturated rings. The molecule has 0 aromatic carbocycles. The second kappa shape index (κ2) is 6.12. The van der Waals surface area contributed by atoms with Crippen molar-refractivity contribution in [3.05, 3.63) is 50.4 Å². The van der Waals surface area contributed by atoms with Crippen LogP contribution in [0.3, 0.4) is 0 Å². The van der Waals surface area contributed by atoms with Gasteiger partial charge < -0.3 is 5.32 Å². The lowest BCUT2D eigenvalue weighted by molar-refractivity contribution is 0.0946. The molecule has 6 heteroatoms. The number of rotatable bonds is 4. The SMILES string of the molecule is CC(C)(CNC(=O)c1cc(Cl)ncc1Cl)c1cccs1. The van der Waals surface area contributed by atoms with E-state index in [1.807, 2.05) is 11.4 Å². The van der Waals surface area contributed by atoms with Crippen molar-refractivity contribution in [1.82, 2.24) is 10.3 Å². The quantitative estimate of drug-likeness (QED) is 0.856. The van der Waals surface area contributed by atoms with Crippen LogP contribution in [0.25, 0.3) is 0 Å². The predicted octanol–water partition coefficient (Wildman–Crippen LogP) is 4.16. The number of thiophene rings is 1. The van der Waals surface area contributed by atoms with Gasteiger partial charge in [-0.05, 0) is 17.5 Å². The van der Waals surface area contributed by atoms with Crippen LogP contribution < -0.4 is 5.32 Å². The Morgan fingerprint density at radius 2 is 2.20 bits per heavy atom. The Balaban J connectivity index is 2.07. The monoisotopic (exact) mass is 328 g/mol. The lowest BCUT2D eigenvalue weighted by Crippen LogP contribution is -2.36. The summed E-state index contributed by atoms with van der Waals surface area (Å²) in [6.07, 6.45) is 1.38. The van der Waals surface area contributed by atoms with Crippen LogP contribution in [0.1, 0.15) is 29.1 Å². The highest BCUT2D eigenvalue weighted by Gasteiger charge is 2.23. The molecule has 0 saturated carbocycles. The van der Waals surface area contributed by atoms with Crippen LogP contribution in [-0.2, 0) is 5.41 Å². The van der Waals surface area contributed by atoms with Gasteiger partial charge in [0, 0.05) is 23.0 Å². The molecule has 3 nitrogen and oxygen atoms in total. The maximum absolute atomic E-state index is 12.2. The van der Waals surface area contributed by atoms with Gasteiger partial charge in [0.15, 0.2) is 0 Å². The van der Waals surface area contributed by atoms with Crippen molar-refractivity contribution < 1.29 is 4.79 Å². The van der Waals surface area contributed by atoms with Gasteiger partial charge in [0.05, 0.1) is 10.6 Å². The molecular weight excluding hydrogens is 315 g/mol. The Kier molecular flexibility index (Phi) is 4.68. The van der Waals surface area contributed by atoms with Crippen LogP contribution in [0.5, 0.6) is 0 Å². The number of carbonyl (C=O) groups is 1. The van der Waals surface area contributed by atoms with Crippen LogP contribution in [0.2, 0.25) is 10.2 Å². The molecule has 0 bridgehead atoms. The van der Waals surface area contributed by atoms with Gasteiger partial charge in [0.1, 0.15) is 5.15 Å². The van der Waals surface area contributed by atoms with Crippen LogP contribution in [0.4, 0.5) is 0 Å². The molecule has 2 aromatic rings. The summed E-state index contributed by atoms with van der Waals surface area (Å²) in [6, 6.07) is 5.54. The second-order valence-electron chi connectivity index (χ2n) is 5.03. The Hall–Kier alpha value is -1.10. The lowest BCUT2D eigenvalue weighted by Gasteiger charge is -2.23. The number of nitrogens with zero attached hydrogens (tertiary/aromatic N) is 1. The molecule has 0 spiro atoms. The maximum Gasteiger partial charge on any atom is 0.252 e. The summed E-state index contributed by atoms with van der Waals surface area (Å²) in [5.41, 5.74) is 0.210. The summed E-state index contributed by atoms with van der Waals surface area (Å²) in [6.45, 7) is 4.68. The van der Waals surface area contributed by atoms with E-state index in [9.17, 15) is 4.79 Å². The van der Waals surface area contributed by atoms with Crippen molar-refractivity contribution in [2.24, 2.45) is 0 Å². The topological polar surface area (TPSA) is 42.0 Å². The number of amides is 1. The normalized spacial score (nSPS) is 11.4. The first kappa shape index (κ1) is 15.3. The van der Waals surface area contributed by atoms with Crippen molar-refractivity contribution in [2.75, 3.05) is 6.54 Å². The van der Waals surface area contributed by atoms with Gasteiger partial charge in [-0.3, -0.25) is 4.79 Å². The number of nitrogens with one attached hydrogen (secondary N) is 1. The summed E-state index contributed by atoms with van der Waals surface area (Å²) in [5, 5.41) is 5.46. The van der Waals surface area contributed by atoms with Crippen molar-refractivity contribution in [1.29, 1.82) is 0 Å². The third kappa shape index (κ3) is 3.51. The maximum atomic E-state index is 12.2. The van der Waals surface area contributed by atoms with Gasteiger partial charge in [-0.1, -0.05) is 43.1 Å². The molecule has 20 heavy (non-hydrogen) atoms. The highest BCUT2D eigenvalue weighted by atomic mass is 35.5. The van der Waals surface area contributed by atoms with E-state index in [-0.39, 0.29) is 16.5 Å². The average Bonchev–Trinajstić information content (AvgIpc) is 2.93. The molecule has 1 amide bonds.